The summed E-state index contributed by atoms with van der Waals surface area (Å²) in [5.41, 5.74) is 3.44. The Balaban J connectivity index is 1.57. The smallest absolute Gasteiger partial charge is 0.322 e. The number of halogens is 1. The zero-order valence-corrected chi connectivity index (χ0v) is 18.4. The van der Waals surface area contributed by atoms with Gasteiger partial charge in [-0.3, -0.25) is 0 Å². The van der Waals surface area contributed by atoms with E-state index in [0.717, 1.165) is 16.8 Å². The molecule has 1 heterocycles. The maximum Gasteiger partial charge on any atom is 0.322 e. The molecule has 4 aromatic rings. The highest BCUT2D eigenvalue weighted by atomic mass is 19.1. The molecule has 0 saturated carbocycles. The van der Waals surface area contributed by atoms with Crippen molar-refractivity contribution in [3.8, 4) is 5.75 Å². The fraction of sp³-hybridized carbons (Fsp3) is 0.148. The van der Waals surface area contributed by atoms with Gasteiger partial charge in [0.1, 0.15) is 11.6 Å². The fourth-order valence-electron chi connectivity index (χ4n) is 3.72. The maximum absolute atomic E-state index is 13.6. The van der Waals surface area contributed by atoms with Crippen LogP contribution in [0.4, 0.5) is 14.9 Å². The lowest BCUT2D eigenvalue weighted by molar-refractivity contribution is 0.205. The number of benzene rings is 3. The van der Waals surface area contributed by atoms with Gasteiger partial charge in [-0.2, -0.15) is 0 Å². The number of amides is 2. The van der Waals surface area contributed by atoms with Crippen LogP contribution in [0.15, 0.2) is 97.2 Å². The van der Waals surface area contributed by atoms with E-state index in [1.807, 2.05) is 77.5 Å². The second-order valence-corrected chi connectivity index (χ2v) is 7.73. The minimum Gasteiger partial charge on any atom is -0.495 e. The van der Waals surface area contributed by atoms with Gasteiger partial charge in [0.25, 0.3) is 0 Å². The highest BCUT2D eigenvalue weighted by molar-refractivity contribution is 5.91. The summed E-state index contributed by atoms with van der Waals surface area (Å²) in [4.78, 5) is 15.1. The van der Waals surface area contributed by atoms with Crippen LogP contribution in [0.25, 0.3) is 0 Å². The van der Waals surface area contributed by atoms with Gasteiger partial charge in [0.05, 0.1) is 19.3 Å². The van der Waals surface area contributed by atoms with Crippen molar-refractivity contribution in [2.45, 2.75) is 19.6 Å². The third-order valence-electron chi connectivity index (χ3n) is 5.37. The summed E-state index contributed by atoms with van der Waals surface area (Å²) in [6, 6.07) is 27.4. The van der Waals surface area contributed by atoms with E-state index in [0.29, 0.717) is 31.1 Å². The van der Waals surface area contributed by atoms with Crippen LogP contribution in [0.3, 0.4) is 0 Å². The summed E-state index contributed by atoms with van der Waals surface area (Å²) < 4.78 is 21.1. The summed E-state index contributed by atoms with van der Waals surface area (Å²) >= 11 is 0. The first kappa shape index (κ1) is 22.1. The number of aromatic nitrogens is 1. The van der Waals surface area contributed by atoms with Crippen LogP contribution in [0.1, 0.15) is 16.8 Å². The van der Waals surface area contributed by atoms with E-state index in [2.05, 4.69) is 5.32 Å². The van der Waals surface area contributed by atoms with Crippen molar-refractivity contribution in [1.29, 1.82) is 0 Å². The first-order valence-electron chi connectivity index (χ1n) is 10.7. The van der Waals surface area contributed by atoms with Crippen molar-refractivity contribution >= 4 is 11.7 Å². The standard InChI is InChI=1S/C27H26FN3O2/c1-33-26-15-6-5-14-25(26)29-27(32)31(18-21-9-3-2-4-10-21)20-24-13-8-16-30(24)19-22-11-7-12-23(28)17-22/h2-17H,18-20H2,1H3,(H,29,32). The quantitative estimate of drug-likeness (QED) is 0.368. The van der Waals surface area contributed by atoms with Crippen molar-refractivity contribution in [2.75, 3.05) is 12.4 Å². The van der Waals surface area contributed by atoms with Gasteiger partial charge in [0.15, 0.2) is 0 Å². The number of urea groups is 1. The van der Waals surface area contributed by atoms with Gasteiger partial charge in [0, 0.05) is 25.0 Å². The molecule has 0 bridgehead atoms. The summed E-state index contributed by atoms with van der Waals surface area (Å²) in [7, 11) is 1.58. The monoisotopic (exact) mass is 443 g/mol. The molecule has 168 valence electrons. The molecule has 0 aliphatic heterocycles. The third kappa shape index (κ3) is 5.80. The number of rotatable bonds is 8. The number of hydrogen-bond donors (Lipinski definition) is 1. The molecular weight excluding hydrogens is 417 g/mol. The number of anilines is 1. The number of methoxy groups -OCH3 is 1. The Labute approximate surface area is 193 Å². The molecule has 3 aromatic carbocycles. The highest BCUT2D eigenvalue weighted by Crippen LogP contribution is 2.24. The van der Waals surface area contributed by atoms with Crippen LogP contribution in [-0.4, -0.2) is 22.6 Å². The molecular formula is C27H26FN3O2. The van der Waals surface area contributed by atoms with Crippen molar-refractivity contribution in [1.82, 2.24) is 9.47 Å². The second-order valence-electron chi connectivity index (χ2n) is 7.73. The average molecular weight is 444 g/mol. The topological polar surface area (TPSA) is 46.5 Å². The van der Waals surface area contributed by atoms with Crippen molar-refractivity contribution < 1.29 is 13.9 Å². The number of nitrogens with zero attached hydrogens (tertiary/aromatic N) is 2. The van der Waals surface area contributed by atoms with Gasteiger partial charge < -0.3 is 19.5 Å². The van der Waals surface area contributed by atoms with Gasteiger partial charge >= 0.3 is 6.03 Å². The molecule has 2 amide bonds. The third-order valence-corrected chi connectivity index (χ3v) is 5.37. The van der Waals surface area contributed by atoms with E-state index in [-0.39, 0.29) is 11.8 Å². The Bertz CT molecular complexity index is 1210. The number of carbonyl (C=O) groups is 1. The maximum atomic E-state index is 13.6. The highest BCUT2D eigenvalue weighted by Gasteiger charge is 2.18. The van der Waals surface area contributed by atoms with E-state index < -0.39 is 0 Å². The second kappa shape index (κ2) is 10.5. The van der Waals surface area contributed by atoms with E-state index in [9.17, 15) is 9.18 Å². The van der Waals surface area contributed by atoms with E-state index in [4.69, 9.17) is 4.74 Å². The lowest BCUT2D eigenvalue weighted by atomic mass is 10.2. The molecule has 0 atom stereocenters. The Morgan fingerprint density at radius 3 is 2.45 bits per heavy atom. The molecule has 0 aliphatic rings. The molecule has 0 unspecified atom stereocenters. The Morgan fingerprint density at radius 1 is 0.909 bits per heavy atom. The predicted molar refractivity (Wildman–Crippen MR) is 128 cm³/mol. The first-order chi connectivity index (χ1) is 16.1. The van der Waals surface area contributed by atoms with Gasteiger partial charge in [0.2, 0.25) is 0 Å². The summed E-state index contributed by atoms with van der Waals surface area (Å²) in [6.07, 6.45) is 1.94. The first-order valence-corrected chi connectivity index (χ1v) is 10.7. The minimum absolute atomic E-state index is 0.234. The molecule has 1 aromatic heterocycles. The van der Waals surface area contributed by atoms with E-state index in [1.165, 1.54) is 12.1 Å². The van der Waals surface area contributed by atoms with Gasteiger partial charge in [-0.1, -0.05) is 54.6 Å². The van der Waals surface area contributed by atoms with Crippen LogP contribution in [0, 0.1) is 5.82 Å². The summed E-state index contributed by atoms with van der Waals surface area (Å²) in [5.74, 6) is 0.336. The lowest BCUT2D eigenvalue weighted by Gasteiger charge is -2.25. The predicted octanol–water partition coefficient (Wildman–Crippen LogP) is 5.92. The van der Waals surface area contributed by atoms with Gasteiger partial charge in [-0.15, -0.1) is 0 Å². The molecule has 0 fully saturated rings. The molecule has 0 aliphatic carbocycles. The summed E-state index contributed by atoms with van der Waals surface area (Å²) in [6.45, 7) is 1.35. The summed E-state index contributed by atoms with van der Waals surface area (Å²) in [5, 5.41) is 2.97. The Kier molecular flexibility index (Phi) is 7.05. The molecule has 0 spiro atoms. The van der Waals surface area contributed by atoms with Crippen molar-refractivity contribution in [2.24, 2.45) is 0 Å². The van der Waals surface area contributed by atoms with Gasteiger partial charge in [-0.05, 0) is 47.5 Å². The van der Waals surface area contributed by atoms with Crippen LogP contribution < -0.4 is 10.1 Å². The molecule has 0 radical (unpaired) electrons. The average Bonchev–Trinajstić information content (AvgIpc) is 3.26. The lowest BCUT2D eigenvalue weighted by Crippen LogP contribution is -2.34. The van der Waals surface area contributed by atoms with Crippen LogP contribution in [0.2, 0.25) is 0 Å². The molecule has 0 saturated heterocycles. The largest absolute Gasteiger partial charge is 0.495 e. The van der Waals surface area contributed by atoms with Crippen LogP contribution in [-0.2, 0) is 19.6 Å². The number of hydrogen-bond acceptors (Lipinski definition) is 2. The number of para-hydroxylation sites is 2. The zero-order chi connectivity index (χ0) is 23.0. The minimum atomic E-state index is -0.261. The molecule has 6 heteroatoms. The molecule has 5 nitrogen and oxygen atoms in total. The Morgan fingerprint density at radius 2 is 1.67 bits per heavy atom. The molecule has 4 rings (SSSR count). The van der Waals surface area contributed by atoms with Crippen molar-refractivity contribution in [3.05, 3.63) is 120 Å². The fourth-order valence-corrected chi connectivity index (χ4v) is 3.72. The zero-order valence-electron chi connectivity index (χ0n) is 18.4. The normalized spacial score (nSPS) is 10.6. The van der Waals surface area contributed by atoms with E-state index in [1.54, 1.807) is 24.1 Å². The van der Waals surface area contributed by atoms with Gasteiger partial charge in [-0.25, -0.2) is 9.18 Å². The molecule has 33 heavy (non-hydrogen) atoms. The molecule has 1 N–H and O–H groups in total. The number of carbonyl (C=O) groups excluding carboxylic acids is 1. The van der Waals surface area contributed by atoms with Crippen LogP contribution in [0.5, 0.6) is 5.75 Å². The van der Waals surface area contributed by atoms with E-state index >= 15 is 0 Å². The SMILES string of the molecule is COc1ccccc1NC(=O)N(Cc1ccccc1)Cc1cccn1Cc1cccc(F)c1. The van der Waals surface area contributed by atoms with Crippen LogP contribution >= 0.6 is 0 Å². The number of nitrogens with one attached hydrogen (secondary N) is 1. The Hall–Kier alpha value is -4.06. The van der Waals surface area contributed by atoms with Crippen molar-refractivity contribution in [3.63, 3.8) is 0 Å². The number of ether oxygens (including phenoxy) is 1.